The number of unbranched alkanes of at least 4 members (excludes halogenated alkanes) is 3. The molecule has 130 valence electrons. The lowest BCUT2D eigenvalue weighted by Crippen LogP contribution is -2.32. The third-order valence-corrected chi connectivity index (χ3v) is 3.43. The zero-order chi connectivity index (χ0) is 16.8. The average Bonchev–Trinajstić information content (AvgIpc) is 2.57. The summed E-state index contributed by atoms with van der Waals surface area (Å²) in [7, 11) is 1.70. The number of ether oxygens (including phenoxy) is 2. The van der Waals surface area contributed by atoms with Crippen LogP contribution in [0.25, 0.3) is 0 Å². The third kappa shape index (κ3) is 9.79. The Labute approximate surface area is 140 Å². The van der Waals surface area contributed by atoms with Crippen molar-refractivity contribution in [3.8, 4) is 5.75 Å². The number of hydrogen-bond donors (Lipinski definition) is 2. The zero-order valence-corrected chi connectivity index (χ0v) is 14.5. The maximum atomic E-state index is 5.88. The summed E-state index contributed by atoms with van der Waals surface area (Å²) >= 11 is 0. The summed E-state index contributed by atoms with van der Waals surface area (Å²) in [4.78, 5) is 4.37. The van der Waals surface area contributed by atoms with Crippen LogP contribution in [-0.2, 0) is 11.3 Å². The van der Waals surface area contributed by atoms with Crippen molar-refractivity contribution in [1.29, 1.82) is 0 Å². The van der Waals surface area contributed by atoms with Crippen LogP contribution in [0.3, 0.4) is 0 Å². The quantitative estimate of drug-likeness (QED) is 0.353. The summed E-state index contributed by atoms with van der Waals surface area (Å²) < 4.78 is 10.7. The minimum absolute atomic E-state index is 0.507. The van der Waals surface area contributed by atoms with Gasteiger partial charge >= 0.3 is 0 Å². The fraction of sp³-hybridized carbons (Fsp3) is 0.611. The Morgan fingerprint density at radius 2 is 2.04 bits per heavy atom. The van der Waals surface area contributed by atoms with Crippen molar-refractivity contribution in [3.63, 3.8) is 0 Å². The second kappa shape index (κ2) is 12.8. The first kappa shape index (κ1) is 19.3. The monoisotopic (exact) mass is 321 g/mol. The SMILES string of the molecule is CCCCCCNC(N)=NCc1cccc(OCCCOC)c1. The molecule has 0 atom stereocenters. The number of hydrogen-bond acceptors (Lipinski definition) is 3. The topological polar surface area (TPSA) is 68.9 Å². The Hall–Kier alpha value is -1.75. The molecule has 0 spiro atoms. The van der Waals surface area contributed by atoms with E-state index in [1.165, 1.54) is 19.3 Å². The van der Waals surface area contributed by atoms with E-state index >= 15 is 0 Å². The van der Waals surface area contributed by atoms with Gasteiger partial charge in [-0.1, -0.05) is 38.3 Å². The number of nitrogens with two attached hydrogens (primary N) is 1. The number of nitrogens with zero attached hydrogens (tertiary/aromatic N) is 1. The minimum atomic E-state index is 0.507. The molecule has 23 heavy (non-hydrogen) atoms. The van der Waals surface area contributed by atoms with Gasteiger partial charge in [0.1, 0.15) is 5.75 Å². The van der Waals surface area contributed by atoms with Gasteiger partial charge < -0.3 is 20.5 Å². The molecule has 5 nitrogen and oxygen atoms in total. The van der Waals surface area contributed by atoms with E-state index in [0.717, 1.165) is 30.7 Å². The van der Waals surface area contributed by atoms with Crippen LogP contribution in [0.15, 0.2) is 29.3 Å². The summed E-state index contributed by atoms with van der Waals surface area (Å²) in [5.41, 5.74) is 6.97. The molecule has 0 saturated heterocycles. The summed E-state index contributed by atoms with van der Waals surface area (Å²) in [6.45, 7) is 5.02. The van der Waals surface area contributed by atoms with Crippen molar-refractivity contribution < 1.29 is 9.47 Å². The Morgan fingerprint density at radius 3 is 2.83 bits per heavy atom. The first-order chi connectivity index (χ1) is 11.3. The van der Waals surface area contributed by atoms with Crippen LogP contribution in [0.1, 0.15) is 44.6 Å². The second-order valence-electron chi connectivity index (χ2n) is 5.53. The van der Waals surface area contributed by atoms with E-state index in [1.54, 1.807) is 7.11 Å². The number of guanidine groups is 1. The van der Waals surface area contributed by atoms with E-state index in [-0.39, 0.29) is 0 Å². The normalized spacial score (nSPS) is 11.5. The molecular formula is C18H31N3O2. The van der Waals surface area contributed by atoms with Crippen molar-refractivity contribution in [3.05, 3.63) is 29.8 Å². The molecule has 0 bridgehead atoms. The van der Waals surface area contributed by atoms with Crippen LogP contribution < -0.4 is 15.8 Å². The molecule has 0 saturated carbocycles. The van der Waals surface area contributed by atoms with E-state index < -0.39 is 0 Å². The second-order valence-corrected chi connectivity index (χ2v) is 5.53. The van der Waals surface area contributed by atoms with Gasteiger partial charge in [-0.3, -0.25) is 0 Å². The first-order valence-electron chi connectivity index (χ1n) is 8.50. The fourth-order valence-corrected chi connectivity index (χ4v) is 2.13. The number of benzene rings is 1. The maximum Gasteiger partial charge on any atom is 0.188 e. The molecule has 0 aliphatic heterocycles. The third-order valence-electron chi connectivity index (χ3n) is 3.43. The van der Waals surface area contributed by atoms with Crippen molar-refractivity contribution in [2.75, 3.05) is 26.9 Å². The van der Waals surface area contributed by atoms with Gasteiger partial charge in [0.05, 0.1) is 13.2 Å². The predicted molar refractivity (Wildman–Crippen MR) is 95.9 cm³/mol. The first-order valence-corrected chi connectivity index (χ1v) is 8.50. The van der Waals surface area contributed by atoms with E-state index in [9.17, 15) is 0 Å². The van der Waals surface area contributed by atoms with E-state index in [4.69, 9.17) is 15.2 Å². The highest BCUT2D eigenvalue weighted by atomic mass is 16.5. The predicted octanol–water partition coefficient (Wildman–Crippen LogP) is 3.09. The van der Waals surface area contributed by atoms with Crippen LogP contribution in [-0.4, -0.2) is 32.8 Å². The lowest BCUT2D eigenvalue weighted by atomic mass is 10.2. The van der Waals surface area contributed by atoms with Crippen LogP contribution in [0.4, 0.5) is 0 Å². The summed E-state index contributed by atoms with van der Waals surface area (Å²) in [5.74, 6) is 1.37. The van der Waals surface area contributed by atoms with Crippen molar-refractivity contribution in [2.45, 2.75) is 45.6 Å². The van der Waals surface area contributed by atoms with Crippen molar-refractivity contribution >= 4 is 5.96 Å². The fourth-order valence-electron chi connectivity index (χ4n) is 2.13. The number of methoxy groups -OCH3 is 1. The zero-order valence-electron chi connectivity index (χ0n) is 14.5. The van der Waals surface area contributed by atoms with Gasteiger partial charge in [-0.05, 0) is 24.1 Å². The maximum absolute atomic E-state index is 5.88. The molecule has 1 aromatic carbocycles. The molecule has 0 unspecified atom stereocenters. The molecule has 0 aliphatic rings. The van der Waals surface area contributed by atoms with E-state index in [1.807, 2.05) is 24.3 Å². The Bertz CT molecular complexity index is 450. The van der Waals surface area contributed by atoms with Crippen LogP contribution >= 0.6 is 0 Å². The molecule has 0 amide bonds. The molecule has 0 heterocycles. The Kier molecular flexibility index (Phi) is 10.7. The Balaban J connectivity index is 2.31. The highest BCUT2D eigenvalue weighted by Crippen LogP contribution is 2.14. The largest absolute Gasteiger partial charge is 0.493 e. The molecule has 0 aliphatic carbocycles. The van der Waals surface area contributed by atoms with Crippen molar-refractivity contribution in [2.24, 2.45) is 10.7 Å². The standard InChI is InChI=1S/C18H31N3O2/c1-3-4-5-6-11-20-18(19)21-15-16-9-7-10-17(14-16)23-13-8-12-22-2/h7,9-10,14H,3-6,8,11-13,15H2,1-2H3,(H3,19,20,21). The van der Waals surface area contributed by atoms with E-state index in [0.29, 0.717) is 25.7 Å². The Morgan fingerprint density at radius 1 is 1.17 bits per heavy atom. The van der Waals surface area contributed by atoms with Crippen LogP contribution in [0, 0.1) is 0 Å². The van der Waals surface area contributed by atoms with Gasteiger partial charge in [0.2, 0.25) is 0 Å². The smallest absolute Gasteiger partial charge is 0.188 e. The van der Waals surface area contributed by atoms with Gasteiger partial charge in [-0.2, -0.15) is 0 Å². The molecule has 3 N–H and O–H groups in total. The van der Waals surface area contributed by atoms with Crippen LogP contribution in [0.5, 0.6) is 5.75 Å². The van der Waals surface area contributed by atoms with Gasteiger partial charge in [-0.25, -0.2) is 4.99 Å². The molecule has 0 fully saturated rings. The number of aliphatic imine (C=N–C) groups is 1. The molecule has 0 radical (unpaired) electrons. The molecule has 5 heteroatoms. The minimum Gasteiger partial charge on any atom is -0.493 e. The number of rotatable bonds is 12. The lowest BCUT2D eigenvalue weighted by molar-refractivity contribution is 0.172. The highest BCUT2D eigenvalue weighted by molar-refractivity contribution is 5.77. The summed E-state index contributed by atoms with van der Waals surface area (Å²) in [5, 5.41) is 3.16. The molecular weight excluding hydrogens is 290 g/mol. The summed E-state index contributed by atoms with van der Waals surface area (Å²) in [6.07, 6.45) is 5.77. The van der Waals surface area contributed by atoms with Crippen molar-refractivity contribution in [1.82, 2.24) is 5.32 Å². The molecule has 1 rings (SSSR count). The molecule has 1 aromatic rings. The van der Waals surface area contributed by atoms with Crippen LogP contribution in [0.2, 0.25) is 0 Å². The van der Waals surface area contributed by atoms with E-state index in [2.05, 4.69) is 17.2 Å². The average molecular weight is 321 g/mol. The highest BCUT2D eigenvalue weighted by Gasteiger charge is 1.98. The van der Waals surface area contributed by atoms with Gasteiger partial charge in [0.25, 0.3) is 0 Å². The van der Waals surface area contributed by atoms with Gasteiger partial charge in [0, 0.05) is 26.7 Å². The summed E-state index contributed by atoms with van der Waals surface area (Å²) in [6, 6.07) is 7.96. The van der Waals surface area contributed by atoms with Gasteiger partial charge in [-0.15, -0.1) is 0 Å². The lowest BCUT2D eigenvalue weighted by Gasteiger charge is -2.08. The van der Waals surface area contributed by atoms with Gasteiger partial charge in [0.15, 0.2) is 5.96 Å². The molecule has 0 aromatic heterocycles. The number of nitrogens with one attached hydrogen (secondary N) is 1.